The van der Waals surface area contributed by atoms with E-state index in [1.165, 1.54) is 17.8 Å². The van der Waals surface area contributed by atoms with E-state index in [4.69, 9.17) is 0 Å². The smallest absolute Gasteiger partial charge is 0.251 e. The number of aromatic nitrogens is 1. The number of hydrogen-bond acceptors (Lipinski definition) is 5. The van der Waals surface area contributed by atoms with E-state index < -0.39 is 15.9 Å². The zero-order valence-corrected chi connectivity index (χ0v) is 18.8. The van der Waals surface area contributed by atoms with Gasteiger partial charge in [-0.15, -0.1) is 0 Å². The molecule has 4 rings (SSSR count). The van der Waals surface area contributed by atoms with Crippen molar-refractivity contribution in [1.29, 1.82) is 0 Å². The first-order chi connectivity index (χ1) is 15.3. The Labute approximate surface area is 188 Å². The molecule has 0 amide bonds. The van der Waals surface area contributed by atoms with Gasteiger partial charge in [-0.25, -0.2) is 26.9 Å². The maximum absolute atomic E-state index is 13.3. The monoisotopic (exact) mass is 464 g/mol. The Balaban J connectivity index is 1.26. The van der Waals surface area contributed by atoms with Crippen LogP contribution in [0.3, 0.4) is 0 Å². The maximum atomic E-state index is 13.3. The van der Waals surface area contributed by atoms with E-state index in [1.807, 2.05) is 18.2 Å². The molecule has 1 aromatic heterocycles. The van der Waals surface area contributed by atoms with Crippen molar-refractivity contribution in [2.24, 2.45) is 0 Å². The number of nitrogens with zero attached hydrogens (tertiary/aromatic N) is 2. The van der Waals surface area contributed by atoms with Gasteiger partial charge in [0.25, 0.3) is 5.92 Å². The number of rotatable bonds is 7. The van der Waals surface area contributed by atoms with Crippen LogP contribution < -0.4 is 14.9 Å². The minimum absolute atomic E-state index is 0.0984. The predicted octanol–water partition coefficient (Wildman–Crippen LogP) is 3.70. The van der Waals surface area contributed by atoms with Gasteiger partial charge in [0, 0.05) is 50.8 Å². The Morgan fingerprint density at radius 3 is 2.25 bits per heavy atom. The van der Waals surface area contributed by atoms with Gasteiger partial charge < -0.3 is 10.2 Å². The molecule has 1 aliphatic carbocycles. The number of pyridine rings is 1. The van der Waals surface area contributed by atoms with Crippen molar-refractivity contribution in [1.82, 2.24) is 15.0 Å². The van der Waals surface area contributed by atoms with Crippen molar-refractivity contribution in [3.05, 3.63) is 54.2 Å². The molecule has 9 heteroatoms. The molecule has 2 heterocycles. The third kappa shape index (κ3) is 6.02. The van der Waals surface area contributed by atoms with Gasteiger partial charge >= 0.3 is 0 Å². The van der Waals surface area contributed by atoms with Crippen molar-refractivity contribution in [2.45, 2.75) is 68.0 Å². The Kier molecular flexibility index (Phi) is 7.07. The van der Waals surface area contributed by atoms with Crippen LogP contribution in [0.4, 0.5) is 14.6 Å². The maximum Gasteiger partial charge on any atom is 0.251 e. The van der Waals surface area contributed by atoms with Crippen LogP contribution in [-0.2, 0) is 16.6 Å². The van der Waals surface area contributed by atoms with Gasteiger partial charge in [-0.2, -0.15) is 0 Å². The average molecular weight is 465 g/mol. The molecule has 0 unspecified atom stereocenters. The summed E-state index contributed by atoms with van der Waals surface area (Å²) in [4.78, 5) is 6.10. The highest BCUT2D eigenvalue weighted by molar-refractivity contribution is 7.89. The normalized spacial score (nSPS) is 23.8. The van der Waals surface area contributed by atoms with E-state index in [0.29, 0.717) is 11.9 Å². The van der Waals surface area contributed by atoms with Crippen LogP contribution in [0.1, 0.15) is 44.1 Å². The number of nitrogens with one attached hydrogen (secondary N) is 2. The summed E-state index contributed by atoms with van der Waals surface area (Å²) in [5, 5.41) is 3.56. The molecule has 2 aliphatic rings. The van der Waals surface area contributed by atoms with Gasteiger partial charge in [0.15, 0.2) is 0 Å². The number of piperidine rings is 1. The van der Waals surface area contributed by atoms with Gasteiger partial charge in [0.05, 0.1) is 0 Å². The van der Waals surface area contributed by atoms with Crippen LogP contribution in [0.25, 0.3) is 0 Å². The van der Waals surface area contributed by atoms with Crippen molar-refractivity contribution < 1.29 is 17.2 Å². The minimum atomic E-state index is -3.67. The molecule has 0 radical (unpaired) electrons. The number of alkyl halides is 2. The summed E-state index contributed by atoms with van der Waals surface area (Å²) in [6, 6.07) is 13.6. The van der Waals surface area contributed by atoms with E-state index in [2.05, 4.69) is 27.2 Å². The van der Waals surface area contributed by atoms with Crippen molar-refractivity contribution in [2.75, 3.05) is 18.0 Å². The highest BCUT2D eigenvalue weighted by atomic mass is 32.2. The Morgan fingerprint density at radius 2 is 1.62 bits per heavy atom. The van der Waals surface area contributed by atoms with Crippen molar-refractivity contribution >= 4 is 15.8 Å². The molecule has 0 spiro atoms. The summed E-state index contributed by atoms with van der Waals surface area (Å²) < 4.78 is 55.1. The first kappa shape index (κ1) is 23.1. The SMILES string of the molecule is O=S(=O)(NC1CCC(NCc2ccccc2)CC1)c1ccc(N2CCC(F)(F)CC2)nc1. The molecular weight excluding hydrogens is 434 g/mol. The van der Waals surface area contributed by atoms with Crippen LogP contribution in [0.15, 0.2) is 53.6 Å². The van der Waals surface area contributed by atoms with Crippen molar-refractivity contribution in [3.8, 4) is 0 Å². The second-order valence-corrected chi connectivity index (χ2v) is 10.4. The highest BCUT2D eigenvalue weighted by Gasteiger charge is 2.34. The largest absolute Gasteiger partial charge is 0.356 e. The van der Waals surface area contributed by atoms with Gasteiger partial charge in [0.2, 0.25) is 10.0 Å². The Morgan fingerprint density at radius 1 is 0.969 bits per heavy atom. The van der Waals surface area contributed by atoms with Crippen LogP contribution in [0.2, 0.25) is 0 Å². The highest BCUT2D eigenvalue weighted by Crippen LogP contribution is 2.30. The Hall–Kier alpha value is -2.10. The van der Waals surface area contributed by atoms with E-state index in [-0.39, 0.29) is 36.9 Å². The van der Waals surface area contributed by atoms with Gasteiger partial charge in [-0.05, 0) is 43.4 Å². The molecule has 1 aromatic carbocycles. The minimum Gasteiger partial charge on any atom is -0.356 e. The molecule has 2 N–H and O–H groups in total. The summed E-state index contributed by atoms with van der Waals surface area (Å²) >= 11 is 0. The zero-order chi connectivity index (χ0) is 22.6. The van der Waals surface area contributed by atoms with E-state index >= 15 is 0 Å². The summed E-state index contributed by atoms with van der Waals surface area (Å²) in [5.41, 5.74) is 1.24. The first-order valence-electron chi connectivity index (χ1n) is 11.2. The molecule has 1 saturated carbocycles. The summed E-state index contributed by atoms with van der Waals surface area (Å²) in [7, 11) is -3.67. The lowest BCUT2D eigenvalue weighted by Gasteiger charge is -2.32. The lowest BCUT2D eigenvalue weighted by Crippen LogP contribution is -2.42. The quantitative estimate of drug-likeness (QED) is 0.654. The van der Waals surface area contributed by atoms with Gasteiger partial charge in [-0.3, -0.25) is 0 Å². The van der Waals surface area contributed by atoms with Gasteiger partial charge in [-0.1, -0.05) is 30.3 Å². The topological polar surface area (TPSA) is 74.3 Å². The fraction of sp³-hybridized carbons (Fsp3) is 0.522. The molecule has 6 nitrogen and oxygen atoms in total. The molecule has 2 aromatic rings. The lowest BCUT2D eigenvalue weighted by atomic mass is 9.92. The number of sulfonamides is 1. The molecular formula is C23H30F2N4O2S. The summed E-state index contributed by atoms with van der Waals surface area (Å²) in [6.45, 7) is 1.24. The van der Waals surface area contributed by atoms with Crippen LogP contribution >= 0.6 is 0 Å². The van der Waals surface area contributed by atoms with Crippen LogP contribution in [-0.4, -0.2) is 44.5 Å². The first-order valence-corrected chi connectivity index (χ1v) is 12.7. The number of benzene rings is 1. The second-order valence-electron chi connectivity index (χ2n) is 8.73. The zero-order valence-electron chi connectivity index (χ0n) is 18.0. The molecule has 2 fully saturated rings. The van der Waals surface area contributed by atoms with Crippen molar-refractivity contribution in [3.63, 3.8) is 0 Å². The Bertz CT molecular complexity index is 969. The van der Waals surface area contributed by atoms with E-state index in [0.717, 1.165) is 32.2 Å². The molecule has 0 atom stereocenters. The molecule has 32 heavy (non-hydrogen) atoms. The number of hydrogen-bond donors (Lipinski definition) is 2. The fourth-order valence-corrected chi connectivity index (χ4v) is 5.59. The van der Waals surface area contributed by atoms with E-state index in [1.54, 1.807) is 11.0 Å². The molecule has 1 saturated heterocycles. The van der Waals surface area contributed by atoms with Gasteiger partial charge in [0.1, 0.15) is 10.7 Å². The summed E-state index contributed by atoms with van der Waals surface area (Å²) in [6.07, 6.45) is 4.28. The molecule has 0 bridgehead atoms. The van der Waals surface area contributed by atoms with Crippen LogP contribution in [0.5, 0.6) is 0 Å². The lowest BCUT2D eigenvalue weighted by molar-refractivity contribution is -0.0221. The molecule has 1 aliphatic heterocycles. The fourth-order valence-electron chi connectivity index (χ4n) is 4.34. The third-order valence-corrected chi connectivity index (χ3v) is 7.84. The second kappa shape index (κ2) is 9.80. The predicted molar refractivity (Wildman–Crippen MR) is 120 cm³/mol. The van der Waals surface area contributed by atoms with Crippen LogP contribution in [0, 0.1) is 0 Å². The molecule has 174 valence electrons. The number of halogens is 2. The summed E-state index contributed by atoms with van der Waals surface area (Å²) in [5.74, 6) is -2.09. The number of anilines is 1. The average Bonchev–Trinajstić information content (AvgIpc) is 2.79. The standard InChI is InChI=1S/C23H30F2N4O2S/c24-23(25)12-14-29(15-13-23)22-11-10-21(17-27-22)32(30,31)28-20-8-6-19(7-9-20)26-16-18-4-2-1-3-5-18/h1-5,10-11,17,19-20,26,28H,6-9,12-16H2. The van der Waals surface area contributed by atoms with E-state index in [9.17, 15) is 17.2 Å². The third-order valence-electron chi connectivity index (χ3n) is 6.34.